The average molecular weight is 330 g/mol. The van der Waals surface area contributed by atoms with Crippen LogP contribution < -0.4 is 5.32 Å². The molecule has 1 N–H and O–H groups in total. The number of thiophene rings is 2. The summed E-state index contributed by atoms with van der Waals surface area (Å²) in [4.78, 5) is 4.23. The van der Waals surface area contributed by atoms with Crippen LogP contribution in [0.3, 0.4) is 0 Å². The molecule has 2 aromatic heterocycles. The van der Waals surface area contributed by atoms with Gasteiger partial charge in [0.05, 0.1) is 6.04 Å². The molecule has 2 rings (SSSR count). The van der Waals surface area contributed by atoms with Crippen molar-refractivity contribution in [1.82, 2.24) is 5.32 Å². The normalized spacial score (nSPS) is 12.9. The summed E-state index contributed by atoms with van der Waals surface area (Å²) in [5.41, 5.74) is 0. The van der Waals surface area contributed by atoms with Gasteiger partial charge < -0.3 is 5.32 Å². The highest BCUT2D eigenvalue weighted by molar-refractivity contribution is 9.10. The molecule has 0 aromatic carbocycles. The first-order valence-corrected chi connectivity index (χ1v) is 8.30. The zero-order valence-electron chi connectivity index (χ0n) is 10.00. The summed E-state index contributed by atoms with van der Waals surface area (Å²) < 4.78 is 1.21. The third-order valence-corrected chi connectivity index (χ3v) is 5.86. The van der Waals surface area contributed by atoms with Crippen LogP contribution in [0.1, 0.15) is 34.5 Å². The van der Waals surface area contributed by atoms with Crippen LogP contribution in [0.15, 0.2) is 28.1 Å². The molecular weight excluding hydrogens is 314 g/mol. The van der Waals surface area contributed by atoms with Gasteiger partial charge in [0.1, 0.15) is 0 Å². The standard InChI is InChI=1S/C13H16BrNS2/c1-3-9-5-6-11(17-9)12(15-4-2)13-10(14)7-8-16-13/h5-8,12,15H,3-4H2,1-2H3. The molecule has 0 radical (unpaired) electrons. The second-order valence-electron chi connectivity index (χ2n) is 3.78. The second kappa shape index (κ2) is 6.14. The summed E-state index contributed by atoms with van der Waals surface area (Å²) in [6.07, 6.45) is 1.12. The van der Waals surface area contributed by atoms with Crippen LogP contribution in [0.2, 0.25) is 0 Å². The minimum absolute atomic E-state index is 0.333. The van der Waals surface area contributed by atoms with E-state index in [4.69, 9.17) is 0 Å². The summed E-state index contributed by atoms with van der Waals surface area (Å²) in [6, 6.07) is 6.95. The van der Waals surface area contributed by atoms with Crippen LogP contribution in [0, 0.1) is 0 Å². The Morgan fingerprint density at radius 1 is 1.29 bits per heavy atom. The smallest absolute Gasteiger partial charge is 0.0776 e. The van der Waals surface area contributed by atoms with Crippen LogP contribution >= 0.6 is 38.6 Å². The summed E-state index contributed by atoms with van der Waals surface area (Å²) in [5, 5.41) is 5.71. The minimum Gasteiger partial charge on any atom is -0.305 e. The Labute approximate surface area is 119 Å². The third-order valence-electron chi connectivity index (χ3n) is 2.63. The first-order valence-electron chi connectivity index (χ1n) is 5.81. The number of hydrogen-bond donors (Lipinski definition) is 1. The lowest BCUT2D eigenvalue weighted by Crippen LogP contribution is -2.20. The van der Waals surface area contributed by atoms with Gasteiger partial charge in [-0.1, -0.05) is 13.8 Å². The van der Waals surface area contributed by atoms with E-state index in [1.807, 2.05) is 11.3 Å². The van der Waals surface area contributed by atoms with Gasteiger partial charge in [-0.05, 0) is 52.5 Å². The van der Waals surface area contributed by atoms with Crippen LogP contribution in [0.4, 0.5) is 0 Å². The van der Waals surface area contributed by atoms with E-state index in [1.165, 1.54) is 19.1 Å². The van der Waals surface area contributed by atoms with Crippen molar-refractivity contribution in [1.29, 1.82) is 0 Å². The van der Waals surface area contributed by atoms with Gasteiger partial charge in [-0.3, -0.25) is 0 Å². The summed E-state index contributed by atoms with van der Waals surface area (Å²) >= 11 is 7.35. The molecule has 92 valence electrons. The van der Waals surface area contributed by atoms with Crippen molar-refractivity contribution < 1.29 is 0 Å². The molecule has 0 spiro atoms. The molecular formula is C13H16BrNS2. The predicted octanol–water partition coefficient (Wildman–Crippen LogP) is 4.83. The summed E-state index contributed by atoms with van der Waals surface area (Å²) in [6.45, 7) is 5.34. The Morgan fingerprint density at radius 3 is 2.65 bits per heavy atom. The maximum atomic E-state index is 3.63. The van der Waals surface area contributed by atoms with E-state index in [0.717, 1.165) is 13.0 Å². The number of aryl methyl sites for hydroxylation is 1. The van der Waals surface area contributed by atoms with Crippen molar-refractivity contribution in [3.63, 3.8) is 0 Å². The fourth-order valence-corrected chi connectivity index (χ4v) is 4.58. The number of halogens is 1. The van der Waals surface area contributed by atoms with Gasteiger partial charge in [-0.25, -0.2) is 0 Å². The molecule has 0 fully saturated rings. The second-order valence-corrected chi connectivity index (χ2v) is 6.78. The van der Waals surface area contributed by atoms with Gasteiger partial charge in [0.2, 0.25) is 0 Å². The van der Waals surface area contributed by atoms with E-state index in [-0.39, 0.29) is 0 Å². The molecule has 2 heterocycles. The highest BCUT2D eigenvalue weighted by Crippen LogP contribution is 2.36. The number of rotatable bonds is 5. The predicted molar refractivity (Wildman–Crippen MR) is 81.2 cm³/mol. The fraction of sp³-hybridized carbons (Fsp3) is 0.385. The Balaban J connectivity index is 2.32. The first-order chi connectivity index (χ1) is 8.26. The molecule has 0 bridgehead atoms. The van der Waals surface area contributed by atoms with Gasteiger partial charge in [0.25, 0.3) is 0 Å². The molecule has 0 aliphatic carbocycles. The van der Waals surface area contributed by atoms with Crippen molar-refractivity contribution in [3.05, 3.63) is 42.7 Å². The van der Waals surface area contributed by atoms with E-state index in [9.17, 15) is 0 Å². The fourth-order valence-electron chi connectivity index (χ4n) is 1.78. The molecule has 4 heteroatoms. The van der Waals surface area contributed by atoms with E-state index < -0.39 is 0 Å². The molecule has 0 aliphatic heterocycles. The Morgan fingerprint density at radius 2 is 2.12 bits per heavy atom. The topological polar surface area (TPSA) is 12.0 Å². The van der Waals surface area contributed by atoms with Crippen LogP contribution in [0.25, 0.3) is 0 Å². The van der Waals surface area contributed by atoms with Gasteiger partial charge in [0.15, 0.2) is 0 Å². The summed E-state index contributed by atoms with van der Waals surface area (Å²) in [5.74, 6) is 0. The van der Waals surface area contributed by atoms with Crippen molar-refractivity contribution in [3.8, 4) is 0 Å². The Kier molecular flexibility index (Phi) is 4.79. The zero-order valence-corrected chi connectivity index (χ0v) is 13.2. The van der Waals surface area contributed by atoms with Crippen molar-refractivity contribution in [2.75, 3.05) is 6.54 Å². The monoisotopic (exact) mass is 329 g/mol. The van der Waals surface area contributed by atoms with Gasteiger partial charge in [-0.15, -0.1) is 22.7 Å². The first kappa shape index (κ1) is 13.3. The lowest BCUT2D eigenvalue weighted by atomic mass is 10.2. The Bertz CT molecular complexity index is 475. The van der Waals surface area contributed by atoms with Crippen molar-refractivity contribution >= 4 is 38.6 Å². The lowest BCUT2D eigenvalue weighted by molar-refractivity contribution is 0.647. The number of hydrogen-bond acceptors (Lipinski definition) is 3. The minimum atomic E-state index is 0.333. The van der Waals surface area contributed by atoms with E-state index in [1.54, 1.807) is 11.3 Å². The third kappa shape index (κ3) is 2.99. The van der Waals surface area contributed by atoms with Crippen molar-refractivity contribution in [2.45, 2.75) is 26.3 Å². The van der Waals surface area contributed by atoms with Crippen LogP contribution in [0.5, 0.6) is 0 Å². The average Bonchev–Trinajstić information content (AvgIpc) is 2.95. The molecule has 1 unspecified atom stereocenters. The van der Waals surface area contributed by atoms with E-state index in [0.29, 0.717) is 6.04 Å². The molecule has 17 heavy (non-hydrogen) atoms. The van der Waals surface area contributed by atoms with Crippen LogP contribution in [-0.2, 0) is 6.42 Å². The quantitative estimate of drug-likeness (QED) is 0.828. The highest BCUT2D eigenvalue weighted by atomic mass is 79.9. The van der Waals surface area contributed by atoms with E-state index >= 15 is 0 Å². The zero-order chi connectivity index (χ0) is 12.3. The van der Waals surface area contributed by atoms with Crippen molar-refractivity contribution in [2.24, 2.45) is 0 Å². The molecule has 1 nitrogen and oxygen atoms in total. The largest absolute Gasteiger partial charge is 0.305 e. The molecule has 1 atom stereocenters. The Hall–Kier alpha value is -0.160. The van der Waals surface area contributed by atoms with Gasteiger partial charge >= 0.3 is 0 Å². The van der Waals surface area contributed by atoms with Crippen LogP contribution in [-0.4, -0.2) is 6.54 Å². The molecule has 2 aromatic rings. The van der Waals surface area contributed by atoms with Gasteiger partial charge in [-0.2, -0.15) is 0 Å². The molecule has 0 saturated heterocycles. The summed E-state index contributed by atoms with van der Waals surface area (Å²) in [7, 11) is 0. The maximum Gasteiger partial charge on any atom is 0.0776 e. The lowest BCUT2D eigenvalue weighted by Gasteiger charge is -2.15. The van der Waals surface area contributed by atoms with E-state index in [2.05, 4.69) is 58.7 Å². The molecule has 0 saturated carbocycles. The van der Waals surface area contributed by atoms with Gasteiger partial charge in [0, 0.05) is 19.1 Å². The maximum absolute atomic E-state index is 3.63. The molecule has 0 amide bonds. The number of nitrogens with one attached hydrogen (secondary N) is 1. The SMILES string of the molecule is CCNC(c1ccc(CC)s1)c1sccc1Br. The highest BCUT2D eigenvalue weighted by Gasteiger charge is 2.18. The molecule has 0 aliphatic rings.